The molecule has 0 aromatic carbocycles. The molecule has 3 aromatic heterocycles. The second-order valence-corrected chi connectivity index (χ2v) is 7.02. The Labute approximate surface area is 170 Å². The predicted molar refractivity (Wildman–Crippen MR) is 114 cm³/mol. The number of amides is 1. The highest BCUT2D eigenvalue weighted by Gasteiger charge is 2.20. The molecule has 1 amide bonds. The first-order chi connectivity index (χ1) is 14.1. The second-order valence-electron chi connectivity index (χ2n) is 7.02. The Hall–Kier alpha value is -3.35. The summed E-state index contributed by atoms with van der Waals surface area (Å²) in [6.07, 6.45) is 7.38. The number of carbonyl (C=O) groups is 1. The number of aromatic nitrogens is 3. The normalized spacial score (nSPS) is 14.3. The average Bonchev–Trinajstić information content (AvgIpc) is 3.17. The van der Waals surface area contributed by atoms with E-state index in [1.54, 1.807) is 13.1 Å². The van der Waals surface area contributed by atoms with E-state index < -0.39 is 0 Å². The smallest absolute Gasteiger partial charge is 0.219 e. The molecular formula is C22H25N5O2. The van der Waals surface area contributed by atoms with Gasteiger partial charge in [-0.15, -0.1) is 0 Å². The maximum Gasteiger partial charge on any atom is 0.219 e. The molecular weight excluding hydrogens is 366 g/mol. The van der Waals surface area contributed by atoms with Gasteiger partial charge in [0.2, 0.25) is 5.91 Å². The second kappa shape index (κ2) is 7.95. The number of piperazine rings is 1. The molecule has 1 aliphatic rings. The summed E-state index contributed by atoms with van der Waals surface area (Å²) in [7, 11) is 0. The van der Waals surface area contributed by atoms with Gasteiger partial charge in [0, 0.05) is 56.0 Å². The molecule has 0 spiro atoms. The van der Waals surface area contributed by atoms with Gasteiger partial charge in [-0.2, -0.15) is 5.10 Å². The lowest BCUT2D eigenvalue weighted by Crippen LogP contribution is -2.48. The van der Waals surface area contributed by atoms with Gasteiger partial charge in [-0.1, -0.05) is 12.7 Å². The van der Waals surface area contributed by atoms with E-state index in [2.05, 4.69) is 22.6 Å². The Bertz CT molecular complexity index is 1030. The third kappa shape index (κ3) is 3.68. The van der Waals surface area contributed by atoms with Crippen molar-refractivity contribution in [2.24, 2.45) is 0 Å². The van der Waals surface area contributed by atoms with E-state index in [0.29, 0.717) is 6.61 Å². The summed E-state index contributed by atoms with van der Waals surface area (Å²) in [5.74, 6) is 1.81. The molecule has 3 aromatic rings. The fourth-order valence-electron chi connectivity index (χ4n) is 3.72. The van der Waals surface area contributed by atoms with Gasteiger partial charge in [0.05, 0.1) is 24.5 Å². The summed E-state index contributed by atoms with van der Waals surface area (Å²) >= 11 is 0. The van der Waals surface area contributed by atoms with Crippen molar-refractivity contribution in [3.05, 3.63) is 48.9 Å². The Morgan fingerprint density at radius 3 is 2.66 bits per heavy atom. The van der Waals surface area contributed by atoms with Gasteiger partial charge in [0.15, 0.2) is 0 Å². The number of fused-ring (bicyclic) bond motifs is 1. The minimum atomic E-state index is 0.130. The van der Waals surface area contributed by atoms with Crippen LogP contribution in [-0.2, 0) is 4.79 Å². The van der Waals surface area contributed by atoms with Crippen LogP contribution in [-0.4, -0.2) is 58.2 Å². The first kappa shape index (κ1) is 19.0. The van der Waals surface area contributed by atoms with Crippen LogP contribution in [0.25, 0.3) is 22.7 Å². The van der Waals surface area contributed by atoms with Gasteiger partial charge in [-0.3, -0.25) is 4.79 Å². The van der Waals surface area contributed by atoms with E-state index in [1.807, 2.05) is 46.9 Å². The van der Waals surface area contributed by atoms with E-state index in [-0.39, 0.29) is 5.91 Å². The van der Waals surface area contributed by atoms with Gasteiger partial charge in [-0.25, -0.2) is 9.50 Å². The Balaban J connectivity index is 1.65. The third-order valence-electron chi connectivity index (χ3n) is 5.25. The largest absolute Gasteiger partial charge is 0.492 e. The zero-order valence-corrected chi connectivity index (χ0v) is 16.8. The molecule has 150 valence electrons. The lowest BCUT2D eigenvalue weighted by atomic mass is 10.0. The van der Waals surface area contributed by atoms with Crippen LogP contribution in [0.2, 0.25) is 0 Å². The van der Waals surface area contributed by atoms with Crippen molar-refractivity contribution in [2.45, 2.75) is 13.8 Å². The number of carbonyl (C=O) groups excluding carboxylic acids is 1. The van der Waals surface area contributed by atoms with E-state index in [4.69, 9.17) is 9.72 Å². The number of hydrogen-bond acceptors (Lipinski definition) is 5. The molecule has 7 heteroatoms. The van der Waals surface area contributed by atoms with Crippen LogP contribution in [0, 0.1) is 0 Å². The number of pyridine rings is 2. The Kier molecular flexibility index (Phi) is 5.20. The minimum absolute atomic E-state index is 0.130. The maximum absolute atomic E-state index is 11.5. The summed E-state index contributed by atoms with van der Waals surface area (Å²) in [5, 5.41) is 4.44. The lowest BCUT2D eigenvalue weighted by molar-refractivity contribution is -0.129. The molecule has 0 N–H and O–H groups in total. The molecule has 4 rings (SSSR count). The summed E-state index contributed by atoms with van der Waals surface area (Å²) in [6, 6.07) is 6.13. The summed E-state index contributed by atoms with van der Waals surface area (Å²) in [4.78, 5) is 20.3. The van der Waals surface area contributed by atoms with Gasteiger partial charge in [0.1, 0.15) is 11.6 Å². The molecule has 0 unspecified atom stereocenters. The highest BCUT2D eigenvalue weighted by molar-refractivity contribution is 5.87. The molecule has 1 saturated heterocycles. The van der Waals surface area contributed by atoms with Gasteiger partial charge < -0.3 is 14.5 Å². The Morgan fingerprint density at radius 2 is 2.03 bits per heavy atom. The number of hydrogen-bond donors (Lipinski definition) is 0. The van der Waals surface area contributed by atoms with Crippen molar-refractivity contribution in [3.8, 4) is 16.9 Å². The monoisotopic (exact) mass is 391 g/mol. The van der Waals surface area contributed by atoms with Crippen LogP contribution in [0.15, 0.2) is 43.4 Å². The lowest BCUT2D eigenvalue weighted by Gasteiger charge is -2.34. The van der Waals surface area contributed by atoms with Crippen LogP contribution in [0.3, 0.4) is 0 Å². The summed E-state index contributed by atoms with van der Waals surface area (Å²) in [5.41, 5.74) is 3.94. The predicted octanol–water partition coefficient (Wildman–Crippen LogP) is 3.11. The maximum atomic E-state index is 11.5. The molecule has 0 atom stereocenters. The zero-order valence-electron chi connectivity index (χ0n) is 16.8. The first-order valence-electron chi connectivity index (χ1n) is 9.84. The van der Waals surface area contributed by atoms with E-state index in [9.17, 15) is 4.79 Å². The molecule has 0 bridgehead atoms. The van der Waals surface area contributed by atoms with E-state index in [0.717, 1.165) is 60.0 Å². The molecule has 4 heterocycles. The van der Waals surface area contributed by atoms with Gasteiger partial charge in [-0.05, 0) is 25.1 Å². The van der Waals surface area contributed by atoms with Crippen LogP contribution >= 0.6 is 0 Å². The van der Waals surface area contributed by atoms with Crippen molar-refractivity contribution in [1.29, 1.82) is 0 Å². The summed E-state index contributed by atoms with van der Waals surface area (Å²) < 4.78 is 7.55. The van der Waals surface area contributed by atoms with Crippen LogP contribution in [0.1, 0.15) is 19.4 Å². The van der Waals surface area contributed by atoms with Crippen molar-refractivity contribution in [2.75, 3.05) is 37.7 Å². The van der Waals surface area contributed by atoms with Crippen molar-refractivity contribution in [3.63, 3.8) is 0 Å². The summed E-state index contributed by atoms with van der Waals surface area (Å²) in [6.45, 7) is 11.1. The third-order valence-corrected chi connectivity index (χ3v) is 5.25. The Morgan fingerprint density at radius 1 is 1.24 bits per heavy atom. The molecule has 0 saturated carbocycles. The fraction of sp³-hybridized carbons (Fsp3) is 0.318. The van der Waals surface area contributed by atoms with Gasteiger partial charge >= 0.3 is 0 Å². The standard InChI is InChI=1S/C22H25N5O2/c1-4-17-14-24-27-15-19(29-5-2)12-20(22(17)27)18-6-7-21(23-13-18)26-10-8-25(9-11-26)16(3)28/h4,6-7,12-15H,1,5,8-11H2,2-3H3. The number of ether oxygens (including phenoxy) is 1. The van der Waals surface area contributed by atoms with Crippen molar-refractivity contribution < 1.29 is 9.53 Å². The van der Waals surface area contributed by atoms with Crippen LogP contribution in [0.5, 0.6) is 5.75 Å². The SMILES string of the molecule is C=Cc1cnn2cc(OCC)cc(-c3ccc(N4CCN(C(C)=O)CC4)nc3)c12. The van der Waals surface area contributed by atoms with Crippen molar-refractivity contribution in [1.82, 2.24) is 19.5 Å². The average molecular weight is 391 g/mol. The highest BCUT2D eigenvalue weighted by atomic mass is 16.5. The molecule has 1 aliphatic heterocycles. The quantitative estimate of drug-likeness (QED) is 0.669. The topological polar surface area (TPSA) is 63.0 Å². The molecule has 0 aliphatic carbocycles. The minimum Gasteiger partial charge on any atom is -0.492 e. The van der Waals surface area contributed by atoms with E-state index >= 15 is 0 Å². The molecule has 29 heavy (non-hydrogen) atoms. The fourth-order valence-corrected chi connectivity index (χ4v) is 3.72. The molecule has 0 radical (unpaired) electrons. The van der Waals surface area contributed by atoms with Crippen molar-refractivity contribution >= 4 is 23.3 Å². The zero-order chi connectivity index (χ0) is 20.4. The number of anilines is 1. The van der Waals surface area contributed by atoms with Crippen LogP contribution in [0.4, 0.5) is 5.82 Å². The van der Waals surface area contributed by atoms with Gasteiger partial charge in [0.25, 0.3) is 0 Å². The van der Waals surface area contributed by atoms with Crippen LogP contribution < -0.4 is 9.64 Å². The van der Waals surface area contributed by atoms with E-state index in [1.165, 1.54) is 0 Å². The first-order valence-corrected chi connectivity index (χ1v) is 9.84. The highest BCUT2D eigenvalue weighted by Crippen LogP contribution is 2.32. The number of rotatable bonds is 5. The number of nitrogens with zero attached hydrogens (tertiary/aromatic N) is 5. The molecule has 1 fully saturated rings. The molecule has 7 nitrogen and oxygen atoms in total.